The maximum atomic E-state index is 13.1. The summed E-state index contributed by atoms with van der Waals surface area (Å²) in [4.78, 5) is 48.7. The molecule has 0 radical (unpaired) electrons. The van der Waals surface area contributed by atoms with Crippen LogP contribution in [0.1, 0.15) is 40.5 Å². The molecule has 6 rings (SSSR count). The van der Waals surface area contributed by atoms with Crippen molar-refractivity contribution in [1.29, 1.82) is 0 Å². The highest BCUT2D eigenvalue weighted by Crippen LogP contribution is 2.36. The van der Waals surface area contributed by atoms with Gasteiger partial charge in [-0.15, -0.1) is 11.3 Å². The number of nitrogens with one attached hydrogen (secondary N) is 2. The summed E-state index contributed by atoms with van der Waals surface area (Å²) in [7, 11) is 6.98. The summed E-state index contributed by atoms with van der Waals surface area (Å²) in [5.74, 6) is 0.700. The number of aryl methyl sites for hydroxylation is 3. The van der Waals surface area contributed by atoms with Gasteiger partial charge in [0.1, 0.15) is 11.8 Å². The molecule has 1 aliphatic carbocycles. The zero-order valence-corrected chi connectivity index (χ0v) is 27.5. The van der Waals surface area contributed by atoms with E-state index in [2.05, 4.69) is 10.6 Å². The van der Waals surface area contributed by atoms with Gasteiger partial charge in [0, 0.05) is 55.6 Å². The van der Waals surface area contributed by atoms with Crippen LogP contribution in [0.2, 0.25) is 0 Å². The van der Waals surface area contributed by atoms with Gasteiger partial charge in [0.05, 0.1) is 18.5 Å². The lowest BCUT2D eigenvalue weighted by molar-refractivity contribution is -0.139. The Kier molecular flexibility index (Phi) is 8.83. The van der Waals surface area contributed by atoms with E-state index in [4.69, 9.17) is 14.5 Å². The number of carbonyl (C=O) groups excluding carboxylic acids is 2. The Bertz CT molecular complexity index is 1830. The van der Waals surface area contributed by atoms with Gasteiger partial charge < -0.3 is 24.3 Å². The molecule has 2 aliphatic rings. The van der Waals surface area contributed by atoms with Crippen LogP contribution < -0.4 is 25.7 Å². The number of ether oxygens (including phenoxy) is 2. The largest absolute Gasteiger partial charge is 0.497 e. The molecule has 3 heterocycles. The predicted octanol–water partition coefficient (Wildman–Crippen LogP) is 5.50. The fraction of sp³-hybridized carbons (Fsp3) is 0.353. The van der Waals surface area contributed by atoms with E-state index in [0.29, 0.717) is 40.0 Å². The number of hydrogen-bond acceptors (Lipinski definition) is 9. The number of thiophene rings is 1. The smallest absolute Gasteiger partial charge is 0.417 e. The van der Waals surface area contributed by atoms with E-state index >= 15 is 0 Å². The molecular formula is C34H38N6O5S. The maximum absolute atomic E-state index is 13.1. The van der Waals surface area contributed by atoms with Gasteiger partial charge in [0.2, 0.25) is 5.91 Å². The number of hydrogen-bond donors (Lipinski definition) is 2. The monoisotopic (exact) mass is 642 g/mol. The summed E-state index contributed by atoms with van der Waals surface area (Å²) in [6, 6.07) is 12.6. The number of rotatable bonds is 7. The van der Waals surface area contributed by atoms with Gasteiger partial charge in [-0.1, -0.05) is 12.1 Å². The first-order valence-electron chi connectivity index (χ1n) is 15.3. The van der Waals surface area contributed by atoms with Gasteiger partial charge in [-0.25, -0.2) is 9.78 Å². The van der Waals surface area contributed by atoms with Gasteiger partial charge >= 0.3 is 6.09 Å². The molecule has 1 unspecified atom stereocenters. The van der Waals surface area contributed by atoms with E-state index < -0.39 is 6.09 Å². The minimum Gasteiger partial charge on any atom is -0.497 e. The van der Waals surface area contributed by atoms with Crippen LogP contribution >= 0.6 is 11.3 Å². The maximum Gasteiger partial charge on any atom is 0.417 e. The van der Waals surface area contributed by atoms with Gasteiger partial charge in [-0.3, -0.25) is 19.8 Å². The van der Waals surface area contributed by atoms with E-state index in [9.17, 15) is 14.4 Å². The lowest BCUT2D eigenvalue weighted by Crippen LogP contribution is -2.48. The van der Waals surface area contributed by atoms with Crippen molar-refractivity contribution in [2.45, 2.75) is 38.6 Å². The molecule has 1 aliphatic heterocycles. The SMILES string of the molecule is COc1cc(NC(=O)Oc2cc3c(s2)CCCC3)c(C)c(-c2cn(C)c(=O)c(Nc3ccc(C4C(=O)N(C)CCN4C)cc3)n2)c1. The van der Waals surface area contributed by atoms with E-state index in [-0.39, 0.29) is 23.3 Å². The van der Waals surface area contributed by atoms with E-state index in [1.807, 2.05) is 62.3 Å². The second-order valence-electron chi connectivity index (χ2n) is 11.9. The zero-order valence-electron chi connectivity index (χ0n) is 26.7. The third kappa shape index (κ3) is 6.35. The molecular weight excluding hydrogens is 604 g/mol. The second kappa shape index (κ2) is 13.0. The third-order valence-electron chi connectivity index (χ3n) is 8.70. The van der Waals surface area contributed by atoms with Crippen molar-refractivity contribution < 1.29 is 19.1 Å². The molecule has 46 heavy (non-hydrogen) atoms. The molecule has 4 aromatic rings. The molecule has 1 atom stereocenters. The Morgan fingerprint density at radius 3 is 2.52 bits per heavy atom. The highest BCUT2D eigenvalue weighted by molar-refractivity contribution is 7.14. The summed E-state index contributed by atoms with van der Waals surface area (Å²) < 4.78 is 12.7. The van der Waals surface area contributed by atoms with Crippen LogP contribution in [0.4, 0.5) is 22.0 Å². The Labute approximate surface area is 271 Å². The third-order valence-corrected chi connectivity index (χ3v) is 9.81. The van der Waals surface area contributed by atoms with Crippen molar-refractivity contribution in [2.75, 3.05) is 44.9 Å². The number of benzene rings is 2. The molecule has 2 amide bonds. The number of carbonyl (C=O) groups is 2. The molecule has 0 spiro atoms. The number of piperazine rings is 1. The highest BCUT2D eigenvalue weighted by Gasteiger charge is 2.32. The number of fused-ring (bicyclic) bond motifs is 1. The molecule has 1 saturated heterocycles. The van der Waals surface area contributed by atoms with Crippen molar-refractivity contribution in [2.24, 2.45) is 7.05 Å². The number of likely N-dealkylation sites (N-methyl/N-ethyl adjacent to an activating group) is 2. The first-order valence-corrected chi connectivity index (χ1v) is 16.1. The number of methoxy groups -OCH3 is 1. The summed E-state index contributed by atoms with van der Waals surface area (Å²) in [5.41, 5.74) is 4.93. The summed E-state index contributed by atoms with van der Waals surface area (Å²) in [6.07, 6.45) is 5.41. The minimum absolute atomic E-state index is 0.0544. The summed E-state index contributed by atoms with van der Waals surface area (Å²) in [6.45, 7) is 3.35. The minimum atomic E-state index is -0.590. The first kappa shape index (κ1) is 31.3. The molecule has 0 saturated carbocycles. The van der Waals surface area contributed by atoms with Crippen molar-refractivity contribution in [3.05, 3.63) is 80.6 Å². The van der Waals surface area contributed by atoms with Crippen LogP contribution in [0.25, 0.3) is 11.3 Å². The number of anilines is 3. The van der Waals surface area contributed by atoms with Crippen molar-refractivity contribution in [3.8, 4) is 22.1 Å². The Hall–Kier alpha value is -4.68. The lowest BCUT2D eigenvalue weighted by atomic mass is 10.00. The second-order valence-corrected chi connectivity index (χ2v) is 13.0. The standard InChI is InChI=1S/C34H38N6O5S/c1-20-25(17-24(44-5)18-26(20)37-34(43)45-29-16-22-8-6-7-9-28(22)46-29)27-19-40(4)33(42)31(36-27)35-23-12-10-21(11-13-23)30-32(41)39(3)15-14-38(30)2/h10-13,16-19,30H,6-9,14-15H2,1-5H3,(H,35,36)(H,37,43). The van der Waals surface area contributed by atoms with Gasteiger partial charge in [0.25, 0.3) is 5.56 Å². The molecule has 240 valence electrons. The molecule has 2 N–H and O–H groups in total. The van der Waals surface area contributed by atoms with Crippen LogP contribution in [0.15, 0.2) is 53.5 Å². The summed E-state index contributed by atoms with van der Waals surface area (Å²) in [5, 5.41) is 6.60. The zero-order chi connectivity index (χ0) is 32.5. The molecule has 2 aromatic heterocycles. The fourth-order valence-electron chi connectivity index (χ4n) is 5.99. The van der Waals surface area contributed by atoms with Crippen LogP contribution in [-0.2, 0) is 24.7 Å². The Balaban J connectivity index is 1.24. The van der Waals surface area contributed by atoms with E-state index in [1.54, 1.807) is 31.3 Å². The Morgan fingerprint density at radius 2 is 1.78 bits per heavy atom. The number of nitrogens with zero attached hydrogens (tertiary/aromatic N) is 4. The molecule has 12 heteroatoms. The fourth-order valence-corrected chi connectivity index (χ4v) is 7.09. The molecule has 11 nitrogen and oxygen atoms in total. The first-order chi connectivity index (χ1) is 22.1. The van der Waals surface area contributed by atoms with Crippen LogP contribution in [-0.4, -0.2) is 65.6 Å². The van der Waals surface area contributed by atoms with E-state index in [1.165, 1.54) is 26.3 Å². The molecule has 2 aromatic carbocycles. The Morgan fingerprint density at radius 1 is 1.02 bits per heavy atom. The number of aromatic nitrogens is 2. The van der Waals surface area contributed by atoms with Crippen LogP contribution in [0.3, 0.4) is 0 Å². The van der Waals surface area contributed by atoms with Gasteiger partial charge in [0.15, 0.2) is 10.9 Å². The lowest BCUT2D eigenvalue weighted by Gasteiger charge is -2.37. The average molecular weight is 643 g/mol. The van der Waals surface area contributed by atoms with Gasteiger partial charge in [-0.05, 0) is 80.6 Å². The average Bonchev–Trinajstić information content (AvgIpc) is 3.45. The van der Waals surface area contributed by atoms with E-state index in [0.717, 1.165) is 43.4 Å². The molecule has 1 fully saturated rings. The highest BCUT2D eigenvalue weighted by atomic mass is 32.1. The quantitative estimate of drug-likeness (QED) is 0.271. The van der Waals surface area contributed by atoms with Crippen LogP contribution in [0, 0.1) is 6.92 Å². The van der Waals surface area contributed by atoms with Crippen molar-refractivity contribution in [3.63, 3.8) is 0 Å². The normalized spacial score (nSPS) is 16.6. The predicted molar refractivity (Wildman–Crippen MR) is 180 cm³/mol. The summed E-state index contributed by atoms with van der Waals surface area (Å²) >= 11 is 1.52. The van der Waals surface area contributed by atoms with Crippen LogP contribution in [0.5, 0.6) is 10.8 Å². The van der Waals surface area contributed by atoms with Crippen molar-refractivity contribution in [1.82, 2.24) is 19.4 Å². The van der Waals surface area contributed by atoms with Gasteiger partial charge in [-0.2, -0.15) is 0 Å². The molecule has 0 bridgehead atoms. The number of amides is 2. The topological polar surface area (TPSA) is 118 Å². The van der Waals surface area contributed by atoms with Crippen molar-refractivity contribution >= 4 is 40.5 Å².